The highest BCUT2D eigenvalue weighted by Crippen LogP contribution is 2.44. The van der Waals surface area contributed by atoms with E-state index < -0.39 is 23.2 Å². The Hall–Kier alpha value is -2.26. The summed E-state index contributed by atoms with van der Waals surface area (Å²) in [5.74, 6) is 0.134. The second kappa shape index (κ2) is 7.77. The van der Waals surface area contributed by atoms with Crippen molar-refractivity contribution < 1.29 is 31.9 Å². The lowest BCUT2D eigenvalue weighted by Crippen LogP contribution is -2.27. The first-order chi connectivity index (χ1) is 14.1. The molecule has 1 fully saturated rings. The molecule has 0 saturated carbocycles. The number of alkyl halides is 4. The topological polar surface area (TPSA) is 55.4 Å². The molecule has 1 aliphatic heterocycles. The Kier molecular flexibility index (Phi) is 5.44. The number of ether oxygens (including phenoxy) is 1. The van der Waals surface area contributed by atoms with Crippen LogP contribution in [0.1, 0.15) is 35.2 Å². The third kappa shape index (κ3) is 4.00. The Balaban J connectivity index is 1.52. The molecule has 10 heteroatoms. The van der Waals surface area contributed by atoms with Gasteiger partial charge in [-0.3, -0.25) is 14.9 Å². The number of rotatable bonds is 4. The molecule has 2 aromatic carbocycles. The molecule has 1 saturated heterocycles. The maximum absolute atomic E-state index is 13.5. The van der Waals surface area contributed by atoms with Gasteiger partial charge >= 0.3 is 6.18 Å². The number of carbonyl (C=O) groups excluding carboxylic acids is 2. The molecule has 2 aromatic rings. The fraction of sp³-hybridized carbons (Fsp3) is 0.300. The molecule has 1 N–H and O–H groups in total. The van der Waals surface area contributed by atoms with Crippen LogP contribution in [0.15, 0.2) is 36.4 Å². The summed E-state index contributed by atoms with van der Waals surface area (Å²) in [6.45, 7) is 0. The fourth-order valence-electron chi connectivity index (χ4n) is 3.71. The van der Waals surface area contributed by atoms with E-state index in [0.717, 1.165) is 35.0 Å². The van der Waals surface area contributed by atoms with E-state index in [4.69, 9.17) is 16.3 Å². The monoisotopic (exact) mass is 459 g/mol. The first kappa shape index (κ1) is 21.0. The smallest absolute Gasteiger partial charge is 0.423 e. The van der Waals surface area contributed by atoms with Gasteiger partial charge in [-0.1, -0.05) is 35.5 Å². The minimum absolute atomic E-state index is 0.0859. The van der Waals surface area contributed by atoms with Crippen molar-refractivity contribution in [3.05, 3.63) is 58.1 Å². The van der Waals surface area contributed by atoms with E-state index in [0.29, 0.717) is 18.6 Å². The third-order valence-corrected chi connectivity index (χ3v) is 6.49. The first-order valence-electron chi connectivity index (χ1n) is 8.96. The highest BCUT2D eigenvalue weighted by atomic mass is 35.5. The van der Waals surface area contributed by atoms with Crippen LogP contribution in [-0.2, 0) is 11.2 Å². The average molecular weight is 460 g/mol. The summed E-state index contributed by atoms with van der Waals surface area (Å²) in [7, 11) is 0. The van der Waals surface area contributed by atoms with Crippen molar-refractivity contribution >= 4 is 34.5 Å². The number of benzene rings is 2. The van der Waals surface area contributed by atoms with Crippen LogP contribution in [0.2, 0.25) is 5.02 Å². The van der Waals surface area contributed by atoms with Gasteiger partial charge in [0.05, 0.1) is 5.02 Å². The maximum atomic E-state index is 13.5. The summed E-state index contributed by atoms with van der Waals surface area (Å²) in [5, 5.41) is 1.34. The summed E-state index contributed by atoms with van der Waals surface area (Å²) in [6, 6.07) is 8.31. The third-order valence-electron chi connectivity index (χ3n) is 5.09. The van der Waals surface area contributed by atoms with Crippen LogP contribution in [0.5, 0.6) is 11.5 Å². The molecule has 2 aliphatic rings. The number of thioether (sulfide) groups is 1. The normalized spacial score (nSPS) is 22.0. The average Bonchev–Trinajstić information content (AvgIpc) is 3.23. The summed E-state index contributed by atoms with van der Waals surface area (Å²) in [5.41, 5.74) is 1.31. The summed E-state index contributed by atoms with van der Waals surface area (Å²) >= 11 is 6.98. The molecule has 4 rings (SSSR count). The van der Waals surface area contributed by atoms with E-state index in [1.54, 1.807) is 12.1 Å². The molecule has 0 aromatic heterocycles. The molecule has 30 heavy (non-hydrogen) atoms. The van der Waals surface area contributed by atoms with Crippen LogP contribution >= 0.6 is 23.4 Å². The van der Waals surface area contributed by atoms with E-state index in [2.05, 4.69) is 5.32 Å². The Morgan fingerprint density at radius 1 is 1.17 bits per heavy atom. The number of hydrogen-bond acceptors (Lipinski definition) is 4. The van der Waals surface area contributed by atoms with Crippen LogP contribution < -0.4 is 10.1 Å². The van der Waals surface area contributed by atoms with Crippen LogP contribution in [0, 0.1) is 0 Å². The van der Waals surface area contributed by atoms with Crippen molar-refractivity contribution in [2.45, 2.75) is 36.4 Å². The number of amides is 2. The van der Waals surface area contributed by atoms with Crippen LogP contribution in [0.25, 0.3) is 0 Å². The number of aryl methyl sites for hydroxylation is 1. The van der Waals surface area contributed by atoms with Gasteiger partial charge in [-0.2, -0.15) is 13.2 Å². The van der Waals surface area contributed by atoms with Crippen LogP contribution in [-0.4, -0.2) is 22.6 Å². The van der Waals surface area contributed by atoms with Gasteiger partial charge in [0.1, 0.15) is 16.7 Å². The second-order valence-electron chi connectivity index (χ2n) is 7.02. The predicted octanol–water partition coefficient (Wildman–Crippen LogP) is 6.09. The Morgan fingerprint density at radius 3 is 2.57 bits per heavy atom. The minimum Gasteiger partial charge on any atom is -0.456 e. The lowest BCUT2D eigenvalue weighted by atomic mass is 9.97. The van der Waals surface area contributed by atoms with E-state index >= 15 is 0 Å². The summed E-state index contributed by atoms with van der Waals surface area (Å²) < 4.78 is 56.8. The zero-order valence-corrected chi connectivity index (χ0v) is 16.7. The van der Waals surface area contributed by atoms with Gasteiger partial charge in [0.2, 0.25) is 12.1 Å². The first-order valence-corrected chi connectivity index (χ1v) is 10.2. The number of halogens is 5. The molecule has 0 spiro atoms. The molecule has 3 atom stereocenters. The summed E-state index contributed by atoms with van der Waals surface area (Å²) in [6.07, 6.45) is -6.74. The molecular formula is C20H14ClF4NO3S. The van der Waals surface area contributed by atoms with Gasteiger partial charge in [-0.05, 0) is 53.8 Å². The van der Waals surface area contributed by atoms with E-state index in [1.165, 1.54) is 6.07 Å². The molecule has 0 bridgehead atoms. The standard InChI is InChI=1S/C20H14ClF4NO3S/c21-14-8-10(17(22)20(23,24)25)2-6-15(14)29-11-3-5-12-9(7-11)1-4-13(12)16-18(27)26-19(28)30-16/h2-3,5-8,13,16-17H,1,4H2,(H,26,27,28)/t13-,16?,17?/m1/s1. The van der Waals surface area contributed by atoms with Crippen LogP contribution in [0.4, 0.5) is 22.4 Å². The van der Waals surface area contributed by atoms with Gasteiger partial charge in [0, 0.05) is 5.92 Å². The fourth-order valence-corrected chi connectivity index (χ4v) is 4.94. The minimum atomic E-state index is -5.01. The number of fused-ring (bicyclic) bond motifs is 1. The van der Waals surface area contributed by atoms with Gasteiger partial charge in [-0.15, -0.1) is 0 Å². The Morgan fingerprint density at radius 2 is 1.93 bits per heavy atom. The largest absolute Gasteiger partial charge is 0.456 e. The number of imide groups is 1. The Bertz CT molecular complexity index is 1030. The molecule has 4 nitrogen and oxygen atoms in total. The predicted molar refractivity (Wildman–Crippen MR) is 104 cm³/mol. The molecule has 0 radical (unpaired) electrons. The van der Waals surface area contributed by atoms with Gasteiger partial charge in [-0.25, -0.2) is 4.39 Å². The van der Waals surface area contributed by atoms with Crippen molar-refractivity contribution in [2.24, 2.45) is 0 Å². The second-order valence-corrected chi connectivity index (χ2v) is 8.54. The summed E-state index contributed by atoms with van der Waals surface area (Å²) in [4.78, 5) is 23.4. The molecule has 1 heterocycles. The van der Waals surface area contributed by atoms with Crippen molar-refractivity contribution in [1.29, 1.82) is 0 Å². The highest BCUT2D eigenvalue weighted by Gasteiger charge is 2.42. The molecule has 2 amide bonds. The number of hydrogen-bond donors (Lipinski definition) is 1. The van der Waals surface area contributed by atoms with E-state index in [9.17, 15) is 27.2 Å². The molecule has 158 valence electrons. The zero-order chi connectivity index (χ0) is 21.6. The molecule has 1 aliphatic carbocycles. The lowest BCUT2D eigenvalue weighted by Gasteiger charge is -2.16. The van der Waals surface area contributed by atoms with E-state index in [1.807, 2.05) is 6.07 Å². The van der Waals surface area contributed by atoms with Crippen molar-refractivity contribution in [3.63, 3.8) is 0 Å². The van der Waals surface area contributed by atoms with Crippen molar-refractivity contribution in [2.75, 3.05) is 0 Å². The number of nitrogens with one attached hydrogen (secondary N) is 1. The quantitative estimate of drug-likeness (QED) is 0.562. The molecular weight excluding hydrogens is 446 g/mol. The number of carbonyl (C=O) groups is 2. The van der Waals surface area contributed by atoms with Gasteiger partial charge < -0.3 is 4.74 Å². The SMILES string of the molecule is O=C1NC(=O)C([C@@H]2CCc3cc(Oc4ccc(C(F)C(F)(F)F)cc4Cl)ccc32)S1. The van der Waals surface area contributed by atoms with Crippen LogP contribution in [0.3, 0.4) is 0 Å². The van der Waals surface area contributed by atoms with Crippen molar-refractivity contribution in [3.8, 4) is 11.5 Å². The molecule has 2 unspecified atom stereocenters. The van der Waals surface area contributed by atoms with Gasteiger partial charge in [0.15, 0.2) is 0 Å². The maximum Gasteiger partial charge on any atom is 0.423 e. The van der Waals surface area contributed by atoms with Crippen molar-refractivity contribution in [1.82, 2.24) is 5.32 Å². The Labute approximate surface area is 177 Å². The highest BCUT2D eigenvalue weighted by molar-refractivity contribution is 8.15. The van der Waals surface area contributed by atoms with Gasteiger partial charge in [0.25, 0.3) is 5.24 Å². The lowest BCUT2D eigenvalue weighted by molar-refractivity contribution is -0.182. The van der Waals surface area contributed by atoms with E-state index in [-0.39, 0.29) is 27.8 Å². The zero-order valence-electron chi connectivity index (χ0n) is 15.1.